The van der Waals surface area contributed by atoms with Gasteiger partial charge in [-0.1, -0.05) is 65.8 Å². The van der Waals surface area contributed by atoms with Crippen LogP contribution in [0.4, 0.5) is 5.82 Å². The maximum Gasteiger partial charge on any atom is 0.323 e. The fourth-order valence-electron chi connectivity index (χ4n) is 4.14. The summed E-state index contributed by atoms with van der Waals surface area (Å²) < 4.78 is 19.5. The second kappa shape index (κ2) is 15.3. The Bertz CT molecular complexity index is 1410. The number of benzene rings is 2. The first kappa shape index (κ1) is 31.0. The molecule has 0 aliphatic carbocycles. The Morgan fingerprint density at radius 3 is 2.24 bits per heavy atom. The van der Waals surface area contributed by atoms with Gasteiger partial charge in [-0.2, -0.15) is 0 Å². The van der Waals surface area contributed by atoms with E-state index in [0.29, 0.717) is 36.4 Å². The highest BCUT2D eigenvalue weighted by molar-refractivity contribution is 7.50. The van der Waals surface area contributed by atoms with Crippen molar-refractivity contribution < 1.29 is 18.9 Å². The van der Waals surface area contributed by atoms with Crippen LogP contribution in [-0.4, -0.2) is 55.8 Å². The van der Waals surface area contributed by atoms with E-state index < -0.39 is 14.3 Å². The van der Waals surface area contributed by atoms with E-state index in [2.05, 4.69) is 49.5 Å². The number of hydrogen-bond donors (Lipinski definition) is 2. The summed E-state index contributed by atoms with van der Waals surface area (Å²) in [5.74, 6) is -0.0375. The molecule has 0 bridgehead atoms. The average Bonchev–Trinajstić information content (AvgIpc) is 3.38. The van der Waals surface area contributed by atoms with Gasteiger partial charge in [-0.3, -0.25) is 4.79 Å². The molecule has 2 aromatic carbocycles. The maximum atomic E-state index is 12.6. The Morgan fingerprint density at radius 2 is 1.62 bits per heavy atom. The summed E-state index contributed by atoms with van der Waals surface area (Å²) in [6.07, 6.45) is 4.06. The fourth-order valence-corrected chi connectivity index (χ4v) is 5.45. The number of fused-ring (bicyclic) bond motifs is 1. The van der Waals surface area contributed by atoms with E-state index in [1.165, 1.54) is 6.33 Å². The number of nitrogen functional groups attached to an aromatic ring is 1. The molecule has 0 amide bonds. The summed E-state index contributed by atoms with van der Waals surface area (Å²) in [7, 11) is -1.51. The Hall–Kier alpha value is -3.92. The molecule has 3 atom stereocenters. The summed E-state index contributed by atoms with van der Waals surface area (Å²) in [6, 6.07) is 19.6. The van der Waals surface area contributed by atoms with Crippen LogP contribution in [0.3, 0.4) is 0 Å². The van der Waals surface area contributed by atoms with Crippen molar-refractivity contribution in [3.63, 3.8) is 0 Å². The van der Waals surface area contributed by atoms with Crippen molar-refractivity contribution in [3.05, 3.63) is 84.4 Å². The summed E-state index contributed by atoms with van der Waals surface area (Å²) in [5, 5.41) is 7.83. The Kier molecular flexibility index (Phi) is 11.3. The van der Waals surface area contributed by atoms with Gasteiger partial charge in [-0.05, 0) is 38.8 Å². The minimum atomic E-state index is -1.51. The standard InChI is InChI=1S/C30H38N7O4P/c1-21(2)40-30(38)23(4)36-42(20-39-22(3)17-37-19-34-27-28(31)32-18-33-29(27)37)41-35-26(15-24-11-7-5-8-12-24)16-25-13-9-6-10-14-25/h5-14,18-19,21-23,36H,15-17,20H2,1-4H3,(H2,31,32,33). The average molecular weight is 592 g/mol. The number of aromatic nitrogens is 4. The van der Waals surface area contributed by atoms with E-state index in [1.807, 2.05) is 61.7 Å². The highest BCUT2D eigenvalue weighted by Gasteiger charge is 2.24. The van der Waals surface area contributed by atoms with Crippen molar-refractivity contribution in [2.75, 3.05) is 12.1 Å². The molecule has 0 spiro atoms. The van der Waals surface area contributed by atoms with Crippen molar-refractivity contribution in [1.29, 1.82) is 0 Å². The second-order valence-corrected chi connectivity index (χ2v) is 11.6. The van der Waals surface area contributed by atoms with E-state index in [1.54, 1.807) is 13.3 Å². The van der Waals surface area contributed by atoms with Gasteiger partial charge in [0.05, 0.1) is 30.8 Å². The van der Waals surface area contributed by atoms with Crippen molar-refractivity contribution in [3.8, 4) is 0 Å². The van der Waals surface area contributed by atoms with Gasteiger partial charge in [0.1, 0.15) is 24.2 Å². The summed E-state index contributed by atoms with van der Waals surface area (Å²) in [6.45, 7) is 7.80. The molecule has 0 saturated heterocycles. The molecule has 4 rings (SSSR count). The lowest BCUT2D eigenvalue weighted by molar-refractivity contribution is -0.148. The smallest absolute Gasteiger partial charge is 0.323 e. The Balaban J connectivity index is 1.48. The Morgan fingerprint density at radius 1 is 0.976 bits per heavy atom. The van der Waals surface area contributed by atoms with E-state index in [9.17, 15) is 4.79 Å². The molecule has 0 saturated carbocycles. The van der Waals surface area contributed by atoms with Crippen LogP contribution >= 0.6 is 8.30 Å². The first-order valence-electron chi connectivity index (χ1n) is 13.9. The molecule has 0 aliphatic heterocycles. The van der Waals surface area contributed by atoms with Crippen LogP contribution in [-0.2, 0) is 38.3 Å². The van der Waals surface area contributed by atoms with Crippen molar-refractivity contribution >= 4 is 37.0 Å². The van der Waals surface area contributed by atoms with Gasteiger partial charge < -0.3 is 24.4 Å². The number of carbonyl (C=O) groups is 1. The van der Waals surface area contributed by atoms with Crippen molar-refractivity contribution in [1.82, 2.24) is 24.6 Å². The van der Waals surface area contributed by atoms with Crippen molar-refractivity contribution in [2.45, 2.75) is 65.3 Å². The second-order valence-electron chi connectivity index (χ2n) is 10.2. The predicted octanol–water partition coefficient (Wildman–Crippen LogP) is 4.87. The molecule has 0 radical (unpaired) electrons. The number of imidazole rings is 1. The molecular weight excluding hydrogens is 553 g/mol. The van der Waals surface area contributed by atoms with Gasteiger partial charge in [-0.15, -0.1) is 0 Å². The molecule has 11 nitrogen and oxygen atoms in total. The molecular formula is C30H38N7O4P. The number of esters is 1. The lowest BCUT2D eigenvalue weighted by Gasteiger charge is -2.23. The monoisotopic (exact) mass is 591 g/mol. The van der Waals surface area contributed by atoms with E-state index in [4.69, 9.17) is 19.8 Å². The maximum absolute atomic E-state index is 12.6. The highest BCUT2D eigenvalue weighted by Crippen LogP contribution is 2.34. The van der Waals surface area contributed by atoms with Crippen LogP contribution < -0.4 is 10.8 Å². The number of nitrogens with zero attached hydrogens (tertiary/aromatic N) is 5. The fraction of sp³-hybridized carbons (Fsp3) is 0.367. The predicted molar refractivity (Wildman–Crippen MR) is 165 cm³/mol. The third-order valence-electron chi connectivity index (χ3n) is 6.17. The van der Waals surface area contributed by atoms with Gasteiger partial charge >= 0.3 is 5.97 Å². The molecule has 222 valence electrons. The largest absolute Gasteiger partial charge is 0.462 e. The summed E-state index contributed by atoms with van der Waals surface area (Å²) in [4.78, 5) is 25.2. The first-order chi connectivity index (χ1) is 20.3. The molecule has 0 fully saturated rings. The lowest BCUT2D eigenvalue weighted by atomic mass is 10.0. The number of carbonyl (C=O) groups excluding carboxylic acids is 1. The topological polar surface area (TPSA) is 139 Å². The van der Waals surface area contributed by atoms with Gasteiger partial charge in [-0.25, -0.2) is 20.0 Å². The van der Waals surface area contributed by atoms with Crippen LogP contribution in [0.15, 0.2) is 78.5 Å². The molecule has 0 aliphatic rings. The number of nitrogens with one attached hydrogen (secondary N) is 1. The highest BCUT2D eigenvalue weighted by atomic mass is 31.2. The number of hydrogen-bond acceptors (Lipinski definition) is 10. The molecule has 12 heteroatoms. The summed E-state index contributed by atoms with van der Waals surface area (Å²) >= 11 is 0. The molecule has 3 unspecified atom stereocenters. The molecule has 4 aromatic rings. The minimum absolute atomic E-state index is 0.188. The number of ether oxygens (including phenoxy) is 2. The first-order valence-corrected chi connectivity index (χ1v) is 15.3. The zero-order valence-electron chi connectivity index (χ0n) is 24.4. The molecule has 3 N–H and O–H groups in total. The minimum Gasteiger partial charge on any atom is -0.462 e. The van der Waals surface area contributed by atoms with Gasteiger partial charge in [0.15, 0.2) is 11.5 Å². The van der Waals surface area contributed by atoms with Crippen LogP contribution in [0.2, 0.25) is 0 Å². The Labute approximate surface area is 247 Å². The SMILES string of the molecule is CC(C)OC(=O)C(C)NP(COC(C)Cn1cnc2c(N)ncnc21)ON=C(Cc1ccccc1)Cc1ccccc1. The number of oxime groups is 1. The molecule has 2 aromatic heterocycles. The van der Waals surface area contributed by atoms with Crippen LogP contribution in [0, 0.1) is 0 Å². The normalized spacial score (nSPS) is 13.5. The lowest BCUT2D eigenvalue weighted by Crippen LogP contribution is -2.34. The number of nitrogens with two attached hydrogens (primary N) is 1. The van der Waals surface area contributed by atoms with Crippen LogP contribution in [0.1, 0.15) is 38.8 Å². The van der Waals surface area contributed by atoms with Crippen LogP contribution in [0.5, 0.6) is 0 Å². The number of anilines is 1. The summed E-state index contributed by atoms with van der Waals surface area (Å²) in [5.41, 5.74) is 10.2. The van der Waals surface area contributed by atoms with E-state index in [-0.39, 0.29) is 24.5 Å². The quantitative estimate of drug-likeness (QED) is 0.0858. The van der Waals surface area contributed by atoms with Gasteiger partial charge in [0.2, 0.25) is 8.30 Å². The zero-order valence-corrected chi connectivity index (χ0v) is 25.3. The third-order valence-corrected chi connectivity index (χ3v) is 7.51. The van der Waals surface area contributed by atoms with Gasteiger partial charge in [0.25, 0.3) is 0 Å². The van der Waals surface area contributed by atoms with Crippen LogP contribution in [0.25, 0.3) is 11.2 Å². The third kappa shape index (κ3) is 9.30. The zero-order chi connectivity index (χ0) is 29.9. The number of rotatable bonds is 15. The molecule has 2 heterocycles. The molecule has 42 heavy (non-hydrogen) atoms. The van der Waals surface area contributed by atoms with E-state index >= 15 is 0 Å². The van der Waals surface area contributed by atoms with Crippen molar-refractivity contribution in [2.24, 2.45) is 5.16 Å². The van der Waals surface area contributed by atoms with Gasteiger partial charge in [0, 0.05) is 12.8 Å². The van der Waals surface area contributed by atoms with E-state index in [0.717, 1.165) is 16.8 Å².